The molecule has 0 radical (unpaired) electrons. The third-order valence-corrected chi connectivity index (χ3v) is 4.08. The van der Waals surface area contributed by atoms with Gasteiger partial charge in [-0.05, 0) is 29.2 Å². The first kappa shape index (κ1) is 17.2. The van der Waals surface area contributed by atoms with Gasteiger partial charge in [0.15, 0.2) is 5.78 Å². The molecule has 0 aliphatic heterocycles. The number of nitrogens with one attached hydrogen (secondary N) is 1. The molecule has 1 amide bonds. The highest BCUT2D eigenvalue weighted by atomic mass is 16.5. The summed E-state index contributed by atoms with van der Waals surface area (Å²) < 4.78 is 0. The van der Waals surface area contributed by atoms with Gasteiger partial charge in [0.1, 0.15) is 0 Å². The fourth-order valence-electron chi connectivity index (χ4n) is 2.75. The molecule has 2 N–H and O–H groups in total. The summed E-state index contributed by atoms with van der Waals surface area (Å²) in [5, 5.41) is 10.7. The van der Waals surface area contributed by atoms with E-state index < -0.39 is 0 Å². The van der Waals surface area contributed by atoms with E-state index in [2.05, 4.69) is 0 Å². The van der Waals surface area contributed by atoms with Gasteiger partial charge in [-0.25, -0.2) is 5.48 Å². The predicted molar refractivity (Wildman–Crippen MR) is 90.5 cm³/mol. The third-order valence-electron chi connectivity index (χ3n) is 4.08. The molecule has 0 fully saturated rings. The van der Waals surface area contributed by atoms with Crippen molar-refractivity contribution in [3.8, 4) is 0 Å². The van der Waals surface area contributed by atoms with Crippen LogP contribution in [0.25, 0.3) is 10.8 Å². The van der Waals surface area contributed by atoms with E-state index in [1.54, 1.807) is 5.48 Å². The molecule has 0 saturated heterocycles. The minimum atomic E-state index is -0.357. The van der Waals surface area contributed by atoms with Crippen molar-refractivity contribution >= 4 is 22.5 Å². The van der Waals surface area contributed by atoms with E-state index >= 15 is 0 Å². The van der Waals surface area contributed by atoms with Crippen molar-refractivity contribution in [3.63, 3.8) is 0 Å². The number of unbranched alkanes of at least 4 members (excludes halogenated alkanes) is 1. The lowest BCUT2D eigenvalue weighted by atomic mass is 9.97. The Balaban J connectivity index is 1.79. The summed E-state index contributed by atoms with van der Waals surface area (Å²) in [6, 6.07) is 13.8. The SMILES string of the molecule is CC(CCCCC(=O)c1ccc2ccccc2c1)CC(=O)NO. The van der Waals surface area contributed by atoms with Gasteiger partial charge < -0.3 is 0 Å². The molecule has 0 spiro atoms. The van der Waals surface area contributed by atoms with Crippen LogP contribution in [0.5, 0.6) is 0 Å². The molecule has 0 aliphatic carbocycles. The summed E-state index contributed by atoms with van der Waals surface area (Å²) in [6.45, 7) is 1.97. The second-order valence-corrected chi connectivity index (χ2v) is 6.08. The number of rotatable bonds is 8. The molecule has 0 aliphatic rings. The summed E-state index contributed by atoms with van der Waals surface area (Å²) in [4.78, 5) is 23.3. The number of carbonyl (C=O) groups excluding carboxylic acids is 2. The molecule has 0 saturated carbocycles. The molecule has 2 rings (SSSR count). The van der Waals surface area contributed by atoms with Crippen LogP contribution in [-0.4, -0.2) is 16.9 Å². The molecule has 0 bridgehead atoms. The molecule has 2 aromatic rings. The van der Waals surface area contributed by atoms with Gasteiger partial charge in [-0.2, -0.15) is 0 Å². The van der Waals surface area contributed by atoms with Crippen molar-refractivity contribution < 1.29 is 14.8 Å². The number of fused-ring (bicyclic) bond motifs is 1. The van der Waals surface area contributed by atoms with E-state index in [1.165, 1.54) is 0 Å². The minimum Gasteiger partial charge on any atom is -0.294 e. The number of hydrogen-bond acceptors (Lipinski definition) is 3. The Morgan fingerprint density at radius 2 is 1.83 bits per heavy atom. The average molecular weight is 313 g/mol. The molecule has 4 nitrogen and oxygen atoms in total. The Kier molecular flexibility index (Phi) is 6.29. The van der Waals surface area contributed by atoms with E-state index in [4.69, 9.17) is 5.21 Å². The topological polar surface area (TPSA) is 66.4 Å². The summed E-state index contributed by atoms with van der Waals surface area (Å²) in [6.07, 6.45) is 3.43. The molecule has 23 heavy (non-hydrogen) atoms. The number of Topliss-reactive ketones (excluding diaryl/α,β-unsaturated/α-hetero) is 1. The zero-order valence-corrected chi connectivity index (χ0v) is 13.4. The van der Waals surface area contributed by atoms with Crippen LogP contribution in [0, 0.1) is 5.92 Å². The molecule has 0 aromatic heterocycles. The zero-order valence-electron chi connectivity index (χ0n) is 13.4. The fraction of sp³-hybridized carbons (Fsp3) is 0.368. The van der Waals surface area contributed by atoms with Crippen molar-refractivity contribution in [2.45, 2.75) is 39.0 Å². The Labute approximate surface area is 136 Å². The monoisotopic (exact) mass is 313 g/mol. The summed E-state index contributed by atoms with van der Waals surface area (Å²) in [5.74, 6) is 0.0131. The third kappa shape index (κ3) is 5.18. The maximum Gasteiger partial charge on any atom is 0.243 e. The molecule has 1 atom stereocenters. The Bertz CT molecular complexity index is 681. The molecule has 4 heteroatoms. The maximum atomic E-state index is 12.3. The second kappa shape index (κ2) is 8.44. The van der Waals surface area contributed by atoms with Gasteiger partial charge in [-0.15, -0.1) is 0 Å². The van der Waals surface area contributed by atoms with Crippen LogP contribution in [0.1, 0.15) is 49.4 Å². The van der Waals surface area contributed by atoms with Crippen LogP contribution in [0.3, 0.4) is 0 Å². The number of hydroxylamine groups is 1. The van der Waals surface area contributed by atoms with Gasteiger partial charge in [0, 0.05) is 18.4 Å². The van der Waals surface area contributed by atoms with Gasteiger partial charge >= 0.3 is 0 Å². The van der Waals surface area contributed by atoms with Crippen molar-refractivity contribution in [3.05, 3.63) is 48.0 Å². The van der Waals surface area contributed by atoms with Gasteiger partial charge in [-0.1, -0.05) is 56.2 Å². The van der Waals surface area contributed by atoms with E-state index in [0.717, 1.165) is 35.6 Å². The highest BCUT2D eigenvalue weighted by molar-refractivity contribution is 5.99. The van der Waals surface area contributed by atoms with Crippen LogP contribution >= 0.6 is 0 Å². The summed E-state index contributed by atoms with van der Waals surface area (Å²) in [7, 11) is 0. The molecule has 122 valence electrons. The van der Waals surface area contributed by atoms with Gasteiger partial charge in [0.25, 0.3) is 0 Å². The molecule has 0 heterocycles. The van der Waals surface area contributed by atoms with Crippen molar-refractivity contribution in [1.29, 1.82) is 0 Å². The van der Waals surface area contributed by atoms with Crippen LogP contribution in [0.4, 0.5) is 0 Å². The summed E-state index contributed by atoms with van der Waals surface area (Å²) in [5.41, 5.74) is 2.41. The van der Waals surface area contributed by atoms with E-state index in [-0.39, 0.29) is 17.6 Å². The van der Waals surface area contributed by atoms with Crippen LogP contribution in [-0.2, 0) is 4.79 Å². The van der Waals surface area contributed by atoms with Crippen LogP contribution < -0.4 is 5.48 Å². The lowest BCUT2D eigenvalue weighted by molar-refractivity contribution is -0.130. The van der Waals surface area contributed by atoms with Crippen molar-refractivity contribution in [2.24, 2.45) is 5.92 Å². The fourth-order valence-corrected chi connectivity index (χ4v) is 2.75. The number of benzene rings is 2. The Morgan fingerprint density at radius 1 is 1.09 bits per heavy atom. The first-order valence-corrected chi connectivity index (χ1v) is 8.05. The van der Waals surface area contributed by atoms with Crippen molar-refractivity contribution in [2.75, 3.05) is 0 Å². The molecule has 2 aromatic carbocycles. The van der Waals surface area contributed by atoms with Gasteiger partial charge in [0.05, 0.1) is 0 Å². The van der Waals surface area contributed by atoms with Crippen molar-refractivity contribution in [1.82, 2.24) is 5.48 Å². The minimum absolute atomic E-state index is 0.163. The molecular formula is C19H23NO3. The van der Waals surface area contributed by atoms with E-state index in [9.17, 15) is 9.59 Å². The van der Waals surface area contributed by atoms with Gasteiger partial charge in [-0.3, -0.25) is 14.8 Å². The van der Waals surface area contributed by atoms with Crippen LogP contribution in [0.15, 0.2) is 42.5 Å². The standard InChI is InChI=1S/C19H23NO3/c1-14(12-19(22)20-23)6-2-5-9-18(21)17-11-10-15-7-3-4-8-16(15)13-17/h3-4,7-8,10-11,13-14,23H,2,5-6,9,12H2,1H3,(H,20,22). The first-order valence-electron chi connectivity index (χ1n) is 8.05. The maximum absolute atomic E-state index is 12.3. The summed E-state index contributed by atoms with van der Waals surface area (Å²) >= 11 is 0. The molecular weight excluding hydrogens is 290 g/mol. The number of carbonyl (C=O) groups is 2. The normalized spacial score (nSPS) is 12.1. The Hall–Kier alpha value is -2.20. The highest BCUT2D eigenvalue weighted by Crippen LogP contribution is 2.18. The second-order valence-electron chi connectivity index (χ2n) is 6.08. The smallest absolute Gasteiger partial charge is 0.243 e. The number of hydrogen-bond donors (Lipinski definition) is 2. The lowest BCUT2D eigenvalue weighted by Gasteiger charge is -2.09. The van der Waals surface area contributed by atoms with E-state index in [0.29, 0.717) is 12.8 Å². The van der Waals surface area contributed by atoms with Crippen LogP contribution in [0.2, 0.25) is 0 Å². The van der Waals surface area contributed by atoms with Gasteiger partial charge in [0.2, 0.25) is 5.91 Å². The van der Waals surface area contributed by atoms with E-state index in [1.807, 2.05) is 49.4 Å². The zero-order chi connectivity index (χ0) is 16.7. The number of ketones is 1. The lowest BCUT2D eigenvalue weighted by Crippen LogP contribution is -2.20. The highest BCUT2D eigenvalue weighted by Gasteiger charge is 2.10. The predicted octanol–water partition coefficient (Wildman–Crippen LogP) is 4.11. The first-order chi connectivity index (χ1) is 11.1. The average Bonchev–Trinajstić information content (AvgIpc) is 2.57. The number of amides is 1. The Morgan fingerprint density at radius 3 is 2.57 bits per heavy atom. The molecule has 1 unspecified atom stereocenters. The largest absolute Gasteiger partial charge is 0.294 e. The quantitative estimate of drug-likeness (QED) is 0.333.